The lowest BCUT2D eigenvalue weighted by Crippen LogP contribution is -2.54. The molecule has 3 N–H and O–H groups in total. The zero-order valence-corrected chi connectivity index (χ0v) is 12.4. The molecule has 6 heteroatoms. The van der Waals surface area contributed by atoms with Crippen molar-refractivity contribution in [2.75, 3.05) is 5.75 Å². The molecule has 0 aromatic carbocycles. The van der Waals surface area contributed by atoms with Crippen LogP contribution in [0.1, 0.15) is 32.6 Å². The summed E-state index contributed by atoms with van der Waals surface area (Å²) >= 11 is 1.76. The SMILES string of the molecule is Cn1cc(SCCCC(C)(NC2CC2)C(N)=O)cn1. The van der Waals surface area contributed by atoms with E-state index < -0.39 is 5.54 Å². The summed E-state index contributed by atoms with van der Waals surface area (Å²) in [5.41, 5.74) is 4.96. The fraction of sp³-hybridized carbons (Fsp3) is 0.692. The number of nitrogens with zero attached hydrogens (tertiary/aromatic N) is 2. The number of carbonyl (C=O) groups excluding carboxylic acids is 1. The maximum Gasteiger partial charge on any atom is 0.237 e. The molecule has 2 rings (SSSR count). The zero-order valence-electron chi connectivity index (χ0n) is 11.6. The molecule has 1 aromatic heterocycles. The molecule has 106 valence electrons. The fourth-order valence-electron chi connectivity index (χ4n) is 2.03. The summed E-state index contributed by atoms with van der Waals surface area (Å²) < 4.78 is 1.80. The summed E-state index contributed by atoms with van der Waals surface area (Å²) in [4.78, 5) is 12.8. The average Bonchev–Trinajstić information content (AvgIpc) is 3.05. The van der Waals surface area contributed by atoms with Gasteiger partial charge in [-0.25, -0.2) is 0 Å². The van der Waals surface area contributed by atoms with Crippen molar-refractivity contribution in [3.63, 3.8) is 0 Å². The molecule has 1 aliphatic rings. The molecule has 1 saturated carbocycles. The van der Waals surface area contributed by atoms with Crippen molar-refractivity contribution >= 4 is 17.7 Å². The Balaban J connectivity index is 1.74. The van der Waals surface area contributed by atoms with E-state index in [1.54, 1.807) is 16.4 Å². The van der Waals surface area contributed by atoms with E-state index in [0.717, 1.165) is 31.4 Å². The quantitative estimate of drug-likeness (QED) is 0.556. The van der Waals surface area contributed by atoms with E-state index in [4.69, 9.17) is 5.73 Å². The van der Waals surface area contributed by atoms with Gasteiger partial charge in [-0.05, 0) is 38.4 Å². The summed E-state index contributed by atoms with van der Waals surface area (Å²) in [6.45, 7) is 1.92. The Morgan fingerprint density at radius 1 is 1.68 bits per heavy atom. The summed E-state index contributed by atoms with van der Waals surface area (Å²) in [7, 11) is 1.91. The largest absolute Gasteiger partial charge is 0.368 e. The van der Waals surface area contributed by atoms with Crippen LogP contribution in [0.15, 0.2) is 17.3 Å². The molecular formula is C13H22N4OS. The van der Waals surface area contributed by atoms with Crippen molar-refractivity contribution in [3.8, 4) is 0 Å². The lowest BCUT2D eigenvalue weighted by molar-refractivity contribution is -0.124. The normalized spacial score (nSPS) is 18.2. The highest BCUT2D eigenvalue weighted by Gasteiger charge is 2.36. The van der Waals surface area contributed by atoms with Crippen molar-refractivity contribution in [2.24, 2.45) is 12.8 Å². The third-order valence-electron chi connectivity index (χ3n) is 3.41. The Bertz CT molecular complexity index is 444. The van der Waals surface area contributed by atoms with Crippen molar-refractivity contribution < 1.29 is 4.79 Å². The second-order valence-electron chi connectivity index (χ2n) is 5.42. The summed E-state index contributed by atoms with van der Waals surface area (Å²) in [5.74, 6) is 0.728. The Labute approximate surface area is 118 Å². The number of hydrogen-bond acceptors (Lipinski definition) is 4. The molecule has 5 nitrogen and oxygen atoms in total. The number of nitrogens with one attached hydrogen (secondary N) is 1. The number of amides is 1. The van der Waals surface area contributed by atoms with E-state index >= 15 is 0 Å². The number of carbonyl (C=O) groups is 1. The first kappa shape index (κ1) is 14.4. The fourth-order valence-corrected chi connectivity index (χ4v) is 2.91. The van der Waals surface area contributed by atoms with Crippen molar-refractivity contribution in [3.05, 3.63) is 12.4 Å². The number of thioether (sulfide) groups is 1. The predicted molar refractivity (Wildman–Crippen MR) is 76.9 cm³/mol. The Morgan fingerprint density at radius 2 is 2.42 bits per heavy atom. The van der Waals surface area contributed by atoms with Gasteiger partial charge in [0.25, 0.3) is 0 Å². The number of nitrogens with two attached hydrogens (primary N) is 1. The van der Waals surface area contributed by atoms with Crippen molar-refractivity contribution in [1.82, 2.24) is 15.1 Å². The minimum absolute atomic E-state index is 0.245. The van der Waals surface area contributed by atoms with Crippen LogP contribution in [0.5, 0.6) is 0 Å². The maximum atomic E-state index is 11.6. The Morgan fingerprint density at radius 3 is 2.95 bits per heavy atom. The molecular weight excluding hydrogens is 260 g/mol. The molecule has 1 heterocycles. The van der Waals surface area contributed by atoms with Gasteiger partial charge in [-0.1, -0.05) is 0 Å². The van der Waals surface area contributed by atoms with Crippen LogP contribution < -0.4 is 11.1 Å². The molecule has 0 aliphatic heterocycles. The standard InChI is InChI=1S/C13H22N4OS/c1-13(12(14)18,16-10-4-5-10)6-3-7-19-11-8-15-17(2)9-11/h8-10,16H,3-7H2,1-2H3,(H2,14,18). The number of primary amides is 1. The van der Waals surface area contributed by atoms with E-state index in [1.165, 1.54) is 4.90 Å². The van der Waals surface area contributed by atoms with Crippen LogP contribution in [0.3, 0.4) is 0 Å². The van der Waals surface area contributed by atoms with Gasteiger partial charge in [-0.3, -0.25) is 9.48 Å². The molecule has 1 aliphatic carbocycles. The molecule has 1 fully saturated rings. The highest BCUT2D eigenvalue weighted by molar-refractivity contribution is 7.99. The zero-order chi connectivity index (χ0) is 13.9. The van der Waals surface area contributed by atoms with Gasteiger partial charge in [0.05, 0.1) is 11.7 Å². The predicted octanol–water partition coefficient (Wildman–Crippen LogP) is 1.29. The average molecular weight is 282 g/mol. The van der Waals surface area contributed by atoms with Gasteiger partial charge in [0, 0.05) is 24.2 Å². The molecule has 0 bridgehead atoms. The molecule has 0 saturated heterocycles. The second kappa shape index (κ2) is 5.96. The number of aromatic nitrogens is 2. The van der Waals surface area contributed by atoms with Gasteiger partial charge < -0.3 is 11.1 Å². The first-order valence-corrected chi connectivity index (χ1v) is 7.67. The minimum Gasteiger partial charge on any atom is -0.368 e. The Kier molecular flexibility index (Phi) is 4.52. The van der Waals surface area contributed by atoms with Crippen LogP contribution in [-0.2, 0) is 11.8 Å². The van der Waals surface area contributed by atoms with E-state index in [1.807, 2.05) is 26.4 Å². The van der Waals surface area contributed by atoms with Crippen LogP contribution >= 0.6 is 11.8 Å². The molecule has 1 amide bonds. The summed E-state index contributed by atoms with van der Waals surface area (Å²) in [6.07, 6.45) is 7.92. The van der Waals surface area contributed by atoms with Crippen LogP contribution in [0, 0.1) is 0 Å². The van der Waals surface area contributed by atoms with Gasteiger partial charge in [-0.15, -0.1) is 11.8 Å². The van der Waals surface area contributed by atoms with Crippen LogP contribution in [0.2, 0.25) is 0 Å². The molecule has 1 unspecified atom stereocenters. The maximum absolute atomic E-state index is 11.6. The second-order valence-corrected chi connectivity index (χ2v) is 6.59. The number of hydrogen-bond donors (Lipinski definition) is 2. The van der Waals surface area contributed by atoms with Gasteiger partial charge in [0.2, 0.25) is 5.91 Å². The summed E-state index contributed by atoms with van der Waals surface area (Å²) in [6, 6.07) is 0.489. The van der Waals surface area contributed by atoms with Gasteiger partial charge >= 0.3 is 0 Å². The molecule has 1 aromatic rings. The lowest BCUT2D eigenvalue weighted by atomic mass is 9.95. The molecule has 19 heavy (non-hydrogen) atoms. The summed E-state index contributed by atoms with van der Waals surface area (Å²) in [5, 5.41) is 7.50. The first-order valence-electron chi connectivity index (χ1n) is 6.69. The number of aryl methyl sites for hydroxylation is 1. The molecule has 0 radical (unpaired) electrons. The van der Waals surface area contributed by atoms with E-state index in [0.29, 0.717) is 6.04 Å². The van der Waals surface area contributed by atoms with E-state index in [-0.39, 0.29) is 5.91 Å². The van der Waals surface area contributed by atoms with Crippen LogP contribution in [0.4, 0.5) is 0 Å². The van der Waals surface area contributed by atoms with Crippen molar-refractivity contribution in [2.45, 2.75) is 49.1 Å². The third kappa shape index (κ3) is 4.24. The monoisotopic (exact) mass is 282 g/mol. The Hall–Kier alpha value is -1.01. The van der Waals surface area contributed by atoms with Gasteiger partial charge in [0.1, 0.15) is 0 Å². The van der Waals surface area contributed by atoms with E-state index in [9.17, 15) is 4.79 Å². The smallest absolute Gasteiger partial charge is 0.237 e. The van der Waals surface area contributed by atoms with Gasteiger partial charge in [0.15, 0.2) is 0 Å². The number of rotatable bonds is 8. The van der Waals surface area contributed by atoms with Crippen molar-refractivity contribution in [1.29, 1.82) is 0 Å². The van der Waals surface area contributed by atoms with Crippen LogP contribution in [0.25, 0.3) is 0 Å². The van der Waals surface area contributed by atoms with E-state index in [2.05, 4.69) is 10.4 Å². The van der Waals surface area contributed by atoms with Crippen LogP contribution in [-0.4, -0.2) is 33.0 Å². The third-order valence-corrected chi connectivity index (χ3v) is 4.45. The van der Waals surface area contributed by atoms with Gasteiger partial charge in [-0.2, -0.15) is 5.10 Å². The topological polar surface area (TPSA) is 72.9 Å². The highest BCUT2D eigenvalue weighted by Crippen LogP contribution is 2.26. The minimum atomic E-state index is -0.559. The molecule has 0 spiro atoms. The molecule has 1 atom stereocenters. The lowest BCUT2D eigenvalue weighted by Gasteiger charge is -2.27. The first-order chi connectivity index (χ1) is 8.99. The highest BCUT2D eigenvalue weighted by atomic mass is 32.2.